The first-order valence-corrected chi connectivity index (χ1v) is 5.57. The highest BCUT2D eigenvalue weighted by Crippen LogP contribution is 2.21. The summed E-state index contributed by atoms with van der Waals surface area (Å²) in [6.07, 6.45) is 0. The molecular formula is C11H16BrNO. The summed E-state index contributed by atoms with van der Waals surface area (Å²) in [6.45, 7) is 6.00. The molecule has 0 bridgehead atoms. The number of rotatable bonds is 4. The molecule has 0 aliphatic heterocycles. The average molecular weight is 258 g/mol. The quantitative estimate of drug-likeness (QED) is 0.870. The van der Waals surface area contributed by atoms with Crippen molar-refractivity contribution in [1.29, 1.82) is 0 Å². The van der Waals surface area contributed by atoms with Gasteiger partial charge in [0.25, 0.3) is 0 Å². The van der Waals surface area contributed by atoms with Crippen LogP contribution in [0.15, 0.2) is 22.7 Å². The van der Waals surface area contributed by atoms with Gasteiger partial charge in [0, 0.05) is 16.6 Å². The van der Waals surface area contributed by atoms with Gasteiger partial charge in [0.05, 0.1) is 0 Å². The van der Waals surface area contributed by atoms with Crippen LogP contribution in [0.5, 0.6) is 5.75 Å². The highest BCUT2D eigenvalue weighted by Gasteiger charge is 2.01. The topological polar surface area (TPSA) is 32.3 Å². The number of hydrogen-bond acceptors (Lipinski definition) is 2. The molecule has 0 aliphatic carbocycles. The Labute approximate surface area is 93.5 Å². The van der Waals surface area contributed by atoms with E-state index >= 15 is 0 Å². The fourth-order valence-electron chi connectivity index (χ4n) is 1.19. The van der Waals surface area contributed by atoms with Gasteiger partial charge < -0.3 is 10.4 Å². The molecule has 0 spiro atoms. The molecule has 1 aromatic carbocycles. The standard InChI is InChI=1S/C11H16BrNO/c1-8(2)6-13-7-9-5-10(12)3-4-11(9)14/h3-5,8,13-14H,6-7H2,1-2H3. The number of phenols is 1. The maximum atomic E-state index is 9.54. The van der Waals surface area contributed by atoms with Crippen molar-refractivity contribution in [1.82, 2.24) is 5.32 Å². The lowest BCUT2D eigenvalue weighted by molar-refractivity contribution is 0.461. The van der Waals surface area contributed by atoms with Crippen LogP contribution < -0.4 is 5.32 Å². The fourth-order valence-corrected chi connectivity index (χ4v) is 1.60. The smallest absolute Gasteiger partial charge is 0.120 e. The van der Waals surface area contributed by atoms with Crippen LogP contribution in [0.1, 0.15) is 19.4 Å². The van der Waals surface area contributed by atoms with Gasteiger partial charge in [-0.1, -0.05) is 29.8 Å². The van der Waals surface area contributed by atoms with Crippen molar-refractivity contribution in [2.75, 3.05) is 6.54 Å². The largest absolute Gasteiger partial charge is 0.508 e. The van der Waals surface area contributed by atoms with Crippen LogP contribution in [0.4, 0.5) is 0 Å². The minimum absolute atomic E-state index is 0.351. The molecule has 0 saturated carbocycles. The van der Waals surface area contributed by atoms with Crippen molar-refractivity contribution in [3.8, 4) is 5.75 Å². The van der Waals surface area contributed by atoms with Crippen LogP contribution in [-0.2, 0) is 6.54 Å². The van der Waals surface area contributed by atoms with Crippen molar-refractivity contribution in [2.45, 2.75) is 20.4 Å². The van der Waals surface area contributed by atoms with Gasteiger partial charge in [-0.05, 0) is 30.7 Å². The third kappa shape index (κ3) is 3.68. The van der Waals surface area contributed by atoms with E-state index in [9.17, 15) is 5.11 Å². The van der Waals surface area contributed by atoms with Crippen LogP contribution >= 0.6 is 15.9 Å². The third-order valence-corrected chi connectivity index (χ3v) is 2.40. The minimum Gasteiger partial charge on any atom is -0.508 e. The Morgan fingerprint density at radius 1 is 1.43 bits per heavy atom. The van der Waals surface area contributed by atoms with Crippen molar-refractivity contribution >= 4 is 15.9 Å². The Kier molecular flexibility index (Phi) is 4.42. The molecule has 0 aliphatic rings. The highest BCUT2D eigenvalue weighted by atomic mass is 79.9. The van der Waals surface area contributed by atoms with Gasteiger partial charge in [-0.15, -0.1) is 0 Å². The second kappa shape index (κ2) is 5.37. The summed E-state index contributed by atoms with van der Waals surface area (Å²) in [7, 11) is 0. The Morgan fingerprint density at radius 2 is 2.14 bits per heavy atom. The average Bonchev–Trinajstić information content (AvgIpc) is 2.10. The molecule has 0 saturated heterocycles. The van der Waals surface area contributed by atoms with E-state index in [0.29, 0.717) is 18.2 Å². The summed E-state index contributed by atoms with van der Waals surface area (Å²) >= 11 is 3.38. The molecule has 0 aromatic heterocycles. The number of phenolic OH excluding ortho intramolecular Hbond substituents is 1. The van der Waals surface area contributed by atoms with Gasteiger partial charge in [-0.3, -0.25) is 0 Å². The number of nitrogens with one attached hydrogen (secondary N) is 1. The van der Waals surface area contributed by atoms with Gasteiger partial charge in [-0.2, -0.15) is 0 Å². The first-order valence-electron chi connectivity index (χ1n) is 4.77. The molecule has 0 amide bonds. The zero-order chi connectivity index (χ0) is 10.6. The maximum absolute atomic E-state index is 9.54. The molecule has 2 N–H and O–H groups in total. The van der Waals surface area contributed by atoms with Gasteiger partial charge in [0.2, 0.25) is 0 Å². The Bertz CT molecular complexity index is 299. The first-order chi connectivity index (χ1) is 6.59. The summed E-state index contributed by atoms with van der Waals surface area (Å²) < 4.78 is 0.997. The zero-order valence-corrected chi connectivity index (χ0v) is 10.1. The number of hydrogen-bond donors (Lipinski definition) is 2. The Morgan fingerprint density at radius 3 is 2.79 bits per heavy atom. The predicted molar refractivity (Wildman–Crippen MR) is 62.4 cm³/mol. The van der Waals surface area contributed by atoms with Gasteiger partial charge in [-0.25, -0.2) is 0 Å². The third-order valence-electron chi connectivity index (χ3n) is 1.91. The summed E-state index contributed by atoms with van der Waals surface area (Å²) in [5.41, 5.74) is 0.931. The molecule has 1 aromatic rings. The second-order valence-corrected chi connectivity index (χ2v) is 4.71. The summed E-state index contributed by atoms with van der Waals surface area (Å²) in [5.74, 6) is 0.980. The Hall–Kier alpha value is -0.540. The highest BCUT2D eigenvalue weighted by molar-refractivity contribution is 9.10. The van der Waals surface area contributed by atoms with Gasteiger partial charge >= 0.3 is 0 Å². The van der Waals surface area contributed by atoms with Crippen molar-refractivity contribution in [3.63, 3.8) is 0 Å². The molecule has 1 rings (SSSR count). The minimum atomic E-state index is 0.351. The van der Waals surface area contributed by atoms with Crippen molar-refractivity contribution in [2.24, 2.45) is 5.92 Å². The summed E-state index contributed by atoms with van der Waals surface area (Å²) in [6, 6.07) is 5.47. The predicted octanol–water partition coefficient (Wildman–Crippen LogP) is 2.90. The summed E-state index contributed by atoms with van der Waals surface area (Å²) in [4.78, 5) is 0. The summed E-state index contributed by atoms with van der Waals surface area (Å²) in [5, 5.41) is 12.8. The number of halogens is 1. The SMILES string of the molecule is CC(C)CNCc1cc(Br)ccc1O. The van der Waals surface area contributed by atoms with Crippen LogP contribution in [0.2, 0.25) is 0 Å². The van der Waals surface area contributed by atoms with E-state index in [1.165, 1.54) is 0 Å². The molecule has 0 fully saturated rings. The first kappa shape index (κ1) is 11.5. The molecule has 14 heavy (non-hydrogen) atoms. The molecule has 3 heteroatoms. The van der Waals surface area contributed by atoms with Crippen LogP contribution in [0, 0.1) is 5.92 Å². The number of benzene rings is 1. The number of aromatic hydroxyl groups is 1. The molecule has 78 valence electrons. The lowest BCUT2D eigenvalue weighted by atomic mass is 10.2. The molecule has 0 radical (unpaired) electrons. The van der Waals surface area contributed by atoms with E-state index in [-0.39, 0.29) is 0 Å². The van der Waals surface area contributed by atoms with Gasteiger partial charge in [0.15, 0.2) is 0 Å². The van der Waals surface area contributed by atoms with Gasteiger partial charge in [0.1, 0.15) is 5.75 Å². The van der Waals surface area contributed by atoms with E-state index in [1.807, 2.05) is 12.1 Å². The molecule has 0 heterocycles. The lowest BCUT2D eigenvalue weighted by Crippen LogP contribution is -2.18. The molecule has 0 atom stereocenters. The van der Waals surface area contributed by atoms with E-state index in [4.69, 9.17) is 0 Å². The van der Waals surface area contributed by atoms with E-state index < -0.39 is 0 Å². The maximum Gasteiger partial charge on any atom is 0.120 e. The van der Waals surface area contributed by atoms with E-state index in [2.05, 4.69) is 35.1 Å². The molecular weight excluding hydrogens is 242 g/mol. The fraction of sp³-hybridized carbons (Fsp3) is 0.455. The molecule has 0 unspecified atom stereocenters. The van der Waals surface area contributed by atoms with Crippen LogP contribution in [0.3, 0.4) is 0 Å². The van der Waals surface area contributed by atoms with Crippen LogP contribution in [0.25, 0.3) is 0 Å². The molecule has 2 nitrogen and oxygen atoms in total. The van der Waals surface area contributed by atoms with E-state index in [1.54, 1.807) is 6.07 Å². The monoisotopic (exact) mass is 257 g/mol. The second-order valence-electron chi connectivity index (χ2n) is 3.80. The Balaban J connectivity index is 2.53. The lowest BCUT2D eigenvalue weighted by Gasteiger charge is -2.09. The van der Waals surface area contributed by atoms with Crippen LogP contribution in [-0.4, -0.2) is 11.7 Å². The normalized spacial score (nSPS) is 10.9. The van der Waals surface area contributed by atoms with Crippen molar-refractivity contribution < 1.29 is 5.11 Å². The van der Waals surface area contributed by atoms with E-state index in [0.717, 1.165) is 16.6 Å². The zero-order valence-electron chi connectivity index (χ0n) is 8.55. The van der Waals surface area contributed by atoms with Crippen molar-refractivity contribution in [3.05, 3.63) is 28.2 Å².